The van der Waals surface area contributed by atoms with Gasteiger partial charge >= 0.3 is 0 Å². The van der Waals surface area contributed by atoms with Crippen molar-refractivity contribution in [3.63, 3.8) is 0 Å². The monoisotopic (exact) mass is 263 g/mol. The van der Waals surface area contributed by atoms with Gasteiger partial charge < -0.3 is 5.73 Å². The molecule has 0 aliphatic carbocycles. The molecule has 5 heteroatoms. The molecule has 0 radical (unpaired) electrons. The first-order valence-corrected chi connectivity index (χ1v) is 6.47. The van der Waals surface area contributed by atoms with Gasteiger partial charge in [0.05, 0.1) is 0 Å². The Hall–Kier alpha value is -1.46. The molecule has 2 rings (SSSR count). The van der Waals surface area contributed by atoms with Gasteiger partial charge in [-0.2, -0.15) is 0 Å². The normalized spacial score (nSPS) is 10.6. The topological polar surface area (TPSA) is 51.8 Å². The molecule has 0 aliphatic heterocycles. The van der Waals surface area contributed by atoms with Gasteiger partial charge in [0.1, 0.15) is 5.82 Å². The van der Waals surface area contributed by atoms with Gasteiger partial charge in [0.15, 0.2) is 5.16 Å². The molecule has 3 nitrogen and oxygen atoms in total. The van der Waals surface area contributed by atoms with Crippen molar-refractivity contribution in [1.29, 1.82) is 0 Å². The molecule has 0 fully saturated rings. The average molecular weight is 263 g/mol. The zero-order valence-electron chi connectivity index (χ0n) is 10.1. The highest BCUT2D eigenvalue weighted by atomic mass is 32.2. The molecule has 0 amide bonds. The quantitative estimate of drug-likeness (QED) is 0.861. The highest BCUT2D eigenvalue weighted by Gasteiger charge is 2.10. The Labute approximate surface area is 110 Å². The Bertz CT molecular complexity index is 546. The molecule has 0 atom stereocenters. The van der Waals surface area contributed by atoms with Gasteiger partial charge in [-0.1, -0.05) is 6.07 Å². The summed E-state index contributed by atoms with van der Waals surface area (Å²) in [6.07, 6.45) is 2.22. The van der Waals surface area contributed by atoms with Crippen LogP contribution in [0.25, 0.3) is 0 Å². The molecule has 1 heterocycles. The van der Waals surface area contributed by atoms with Crippen molar-refractivity contribution in [2.45, 2.75) is 23.4 Å². The predicted molar refractivity (Wildman–Crippen MR) is 70.1 cm³/mol. The number of benzene rings is 1. The van der Waals surface area contributed by atoms with Crippen molar-refractivity contribution in [1.82, 2.24) is 9.97 Å². The Morgan fingerprint density at radius 2 is 2.17 bits per heavy atom. The molecular weight excluding hydrogens is 249 g/mol. The molecule has 94 valence electrons. The third-order valence-electron chi connectivity index (χ3n) is 2.44. The minimum absolute atomic E-state index is 0.224. The lowest BCUT2D eigenvalue weighted by atomic mass is 10.1. The molecule has 2 N–H and O–H groups in total. The number of hydrogen-bond donors (Lipinski definition) is 1. The molecule has 0 bridgehead atoms. The molecule has 0 saturated carbocycles. The fraction of sp³-hybridized carbons (Fsp3) is 0.231. The van der Waals surface area contributed by atoms with Gasteiger partial charge in [-0.3, -0.25) is 0 Å². The Kier molecular flexibility index (Phi) is 4.28. The zero-order valence-corrected chi connectivity index (χ0v) is 10.9. The Balaban J connectivity index is 2.31. The summed E-state index contributed by atoms with van der Waals surface area (Å²) in [6.45, 7) is 2.32. The van der Waals surface area contributed by atoms with Gasteiger partial charge in [0.2, 0.25) is 0 Å². The number of nitrogens with two attached hydrogens (primary N) is 1. The zero-order chi connectivity index (χ0) is 13.0. The van der Waals surface area contributed by atoms with Crippen LogP contribution in [0, 0.1) is 12.7 Å². The number of aryl methyl sites for hydroxylation is 1. The number of rotatable bonds is 4. The van der Waals surface area contributed by atoms with Crippen LogP contribution in [0.3, 0.4) is 0 Å². The third kappa shape index (κ3) is 3.05. The van der Waals surface area contributed by atoms with E-state index in [1.807, 2.05) is 19.1 Å². The molecule has 0 spiro atoms. The summed E-state index contributed by atoms with van der Waals surface area (Å²) in [5.41, 5.74) is 7.04. The second-order valence-corrected chi connectivity index (χ2v) is 4.85. The smallest absolute Gasteiger partial charge is 0.192 e. The van der Waals surface area contributed by atoms with Crippen LogP contribution in [-0.4, -0.2) is 16.5 Å². The van der Waals surface area contributed by atoms with Crippen LogP contribution < -0.4 is 5.73 Å². The molecular formula is C13H14FN3S. The van der Waals surface area contributed by atoms with E-state index in [0.29, 0.717) is 23.7 Å². The van der Waals surface area contributed by atoms with Gasteiger partial charge in [0, 0.05) is 22.3 Å². The summed E-state index contributed by atoms with van der Waals surface area (Å²) in [6, 6.07) is 6.83. The highest BCUT2D eigenvalue weighted by molar-refractivity contribution is 7.99. The van der Waals surface area contributed by atoms with E-state index in [0.717, 1.165) is 10.6 Å². The van der Waals surface area contributed by atoms with E-state index in [9.17, 15) is 4.39 Å². The molecule has 0 unspecified atom stereocenters. The van der Waals surface area contributed by atoms with E-state index in [1.54, 1.807) is 12.3 Å². The second-order valence-electron chi connectivity index (χ2n) is 3.84. The number of halogens is 1. The van der Waals surface area contributed by atoms with Crippen LogP contribution in [0.4, 0.5) is 4.39 Å². The standard InChI is InChI=1S/C13H14FN3S/c1-9-6-8-16-13(17-9)18-12-4-2-3-11(14)10(12)5-7-15/h2-4,6,8H,5,7,15H2,1H3. The van der Waals surface area contributed by atoms with Crippen LogP contribution in [0.2, 0.25) is 0 Å². The van der Waals surface area contributed by atoms with Gasteiger partial charge in [-0.15, -0.1) is 0 Å². The van der Waals surface area contributed by atoms with Crippen LogP contribution in [0.1, 0.15) is 11.3 Å². The van der Waals surface area contributed by atoms with Crippen LogP contribution >= 0.6 is 11.8 Å². The van der Waals surface area contributed by atoms with Crippen molar-refractivity contribution in [2.24, 2.45) is 5.73 Å². The van der Waals surface area contributed by atoms with Gasteiger partial charge in [0.25, 0.3) is 0 Å². The van der Waals surface area contributed by atoms with Crippen molar-refractivity contribution in [3.8, 4) is 0 Å². The van der Waals surface area contributed by atoms with Crippen LogP contribution in [0.5, 0.6) is 0 Å². The molecule has 1 aromatic carbocycles. The van der Waals surface area contributed by atoms with E-state index >= 15 is 0 Å². The van der Waals surface area contributed by atoms with Crippen molar-refractivity contribution in [2.75, 3.05) is 6.54 Å². The minimum Gasteiger partial charge on any atom is -0.330 e. The maximum absolute atomic E-state index is 13.7. The largest absolute Gasteiger partial charge is 0.330 e. The van der Waals surface area contributed by atoms with E-state index in [-0.39, 0.29) is 5.82 Å². The van der Waals surface area contributed by atoms with Crippen molar-refractivity contribution in [3.05, 3.63) is 47.5 Å². The van der Waals surface area contributed by atoms with Crippen LogP contribution in [-0.2, 0) is 6.42 Å². The molecule has 2 aromatic rings. The van der Waals surface area contributed by atoms with E-state index in [4.69, 9.17) is 5.73 Å². The molecule has 18 heavy (non-hydrogen) atoms. The predicted octanol–water partition coefficient (Wildman–Crippen LogP) is 2.58. The fourth-order valence-electron chi connectivity index (χ4n) is 1.59. The van der Waals surface area contributed by atoms with E-state index in [1.165, 1.54) is 17.8 Å². The lowest BCUT2D eigenvalue weighted by Crippen LogP contribution is -2.06. The maximum Gasteiger partial charge on any atom is 0.192 e. The number of nitrogens with zero attached hydrogens (tertiary/aromatic N) is 2. The summed E-state index contributed by atoms with van der Waals surface area (Å²) >= 11 is 1.36. The summed E-state index contributed by atoms with van der Waals surface area (Å²) in [5.74, 6) is -0.224. The summed E-state index contributed by atoms with van der Waals surface area (Å²) < 4.78 is 13.7. The first kappa shape index (κ1) is 13.0. The maximum atomic E-state index is 13.7. The second kappa shape index (κ2) is 5.93. The average Bonchev–Trinajstić information content (AvgIpc) is 2.34. The first-order chi connectivity index (χ1) is 8.70. The highest BCUT2D eigenvalue weighted by Crippen LogP contribution is 2.29. The summed E-state index contributed by atoms with van der Waals surface area (Å²) in [5, 5.41) is 0.624. The third-order valence-corrected chi connectivity index (χ3v) is 3.43. The molecule has 1 aromatic heterocycles. The van der Waals surface area contributed by atoms with Crippen LogP contribution in [0.15, 0.2) is 40.5 Å². The molecule has 0 aliphatic rings. The van der Waals surface area contributed by atoms with Gasteiger partial charge in [-0.25, -0.2) is 14.4 Å². The summed E-state index contributed by atoms with van der Waals surface area (Å²) in [7, 11) is 0. The Morgan fingerprint density at radius 3 is 2.89 bits per heavy atom. The van der Waals surface area contributed by atoms with Crippen molar-refractivity contribution < 1.29 is 4.39 Å². The van der Waals surface area contributed by atoms with E-state index in [2.05, 4.69) is 9.97 Å². The van der Waals surface area contributed by atoms with Crippen molar-refractivity contribution >= 4 is 11.8 Å². The first-order valence-electron chi connectivity index (χ1n) is 5.65. The minimum atomic E-state index is -0.224. The number of aromatic nitrogens is 2. The lowest BCUT2D eigenvalue weighted by molar-refractivity contribution is 0.603. The lowest BCUT2D eigenvalue weighted by Gasteiger charge is -2.08. The summed E-state index contributed by atoms with van der Waals surface area (Å²) in [4.78, 5) is 9.29. The van der Waals surface area contributed by atoms with Gasteiger partial charge in [-0.05, 0) is 49.9 Å². The SMILES string of the molecule is Cc1ccnc(Sc2cccc(F)c2CCN)n1. The van der Waals surface area contributed by atoms with E-state index < -0.39 is 0 Å². The Morgan fingerprint density at radius 1 is 1.33 bits per heavy atom. The number of hydrogen-bond acceptors (Lipinski definition) is 4. The molecule has 0 saturated heterocycles. The fourth-order valence-corrected chi connectivity index (χ4v) is 2.56.